The van der Waals surface area contributed by atoms with Crippen LogP contribution in [0.5, 0.6) is 0 Å². The molecule has 0 saturated heterocycles. The molecule has 0 heterocycles. The van der Waals surface area contributed by atoms with Crippen LogP contribution in [0.15, 0.2) is 60.7 Å². The molecule has 0 aliphatic carbocycles. The topological polar surface area (TPSA) is 179 Å². The highest BCUT2D eigenvalue weighted by atomic mass is 32.3. The van der Waals surface area contributed by atoms with Gasteiger partial charge in [-0.15, -0.1) is 0 Å². The lowest BCUT2D eigenvalue weighted by atomic mass is 10.1. The van der Waals surface area contributed by atoms with Crippen LogP contribution in [0.4, 0.5) is 0 Å². The van der Waals surface area contributed by atoms with E-state index >= 15 is 0 Å². The van der Waals surface area contributed by atoms with Crippen molar-refractivity contribution in [3.8, 4) is 0 Å². The second-order valence-corrected chi connectivity index (χ2v) is 6.17. The van der Waals surface area contributed by atoms with E-state index in [9.17, 15) is 9.59 Å². The van der Waals surface area contributed by atoms with Crippen molar-refractivity contribution in [2.45, 2.75) is 12.1 Å². The van der Waals surface area contributed by atoms with Gasteiger partial charge in [0, 0.05) is 0 Å². The first kappa shape index (κ1) is 26.2. The van der Waals surface area contributed by atoms with Gasteiger partial charge in [-0.2, -0.15) is 8.42 Å². The molecule has 2 aromatic carbocycles. The van der Waals surface area contributed by atoms with Crippen LogP contribution in [0.1, 0.15) is 23.2 Å². The highest BCUT2D eigenvalue weighted by molar-refractivity contribution is 7.79. The fourth-order valence-corrected chi connectivity index (χ4v) is 1.85. The highest BCUT2D eigenvalue weighted by Gasteiger charge is 2.15. The van der Waals surface area contributed by atoms with Crippen molar-refractivity contribution in [2.24, 2.45) is 11.5 Å². The molecule has 29 heavy (non-hydrogen) atoms. The zero-order chi connectivity index (χ0) is 22.4. The van der Waals surface area contributed by atoms with E-state index in [0.29, 0.717) is 0 Å². The van der Waals surface area contributed by atoms with Gasteiger partial charge in [-0.25, -0.2) is 0 Å². The second kappa shape index (κ2) is 13.4. The van der Waals surface area contributed by atoms with E-state index in [0.717, 1.165) is 11.1 Å². The third kappa shape index (κ3) is 12.3. The van der Waals surface area contributed by atoms with E-state index in [1.54, 1.807) is 24.3 Å². The lowest BCUT2D eigenvalue weighted by Gasteiger charge is -2.08. The number of ether oxygens (including phenoxy) is 2. The predicted octanol–water partition coefficient (Wildman–Crippen LogP) is 1.07. The number of hydrogen-bond donors (Lipinski definition) is 4. The molecule has 11 heteroatoms. The lowest BCUT2D eigenvalue weighted by molar-refractivity contribution is -0.143. The van der Waals surface area contributed by atoms with E-state index < -0.39 is 34.4 Å². The van der Waals surface area contributed by atoms with Gasteiger partial charge in [0.25, 0.3) is 0 Å². The molecule has 0 fully saturated rings. The first-order chi connectivity index (χ1) is 13.5. The smallest absolute Gasteiger partial charge is 0.394 e. The highest BCUT2D eigenvalue weighted by Crippen LogP contribution is 2.10. The SMILES string of the molecule is COC(=O)[C@@H](N)c1ccccc1.COC(=O)[C@@H](N)c1ccccc1.O=S(=O)(O)O. The van der Waals surface area contributed by atoms with E-state index in [4.69, 9.17) is 29.0 Å². The molecular weight excluding hydrogens is 404 g/mol. The minimum Gasteiger partial charge on any atom is -0.468 e. The number of carbonyl (C=O) groups excluding carboxylic acids is 2. The van der Waals surface area contributed by atoms with Crippen molar-refractivity contribution in [3.05, 3.63) is 71.8 Å². The van der Waals surface area contributed by atoms with Crippen molar-refractivity contribution in [3.63, 3.8) is 0 Å². The maximum atomic E-state index is 11.0. The molecule has 2 rings (SSSR count). The summed E-state index contributed by atoms with van der Waals surface area (Å²) in [6.07, 6.45) is 0. The van der Waals surface area contributed by atoms with Gasteiger partial charge < -0.3 is 20.9 Å². The Balaban J connectivity index is 0.000000442. The molecule has 0 bridgehead atoms. The molecule has 0 aliphatic heterocycles. The van der Waals surface area contributed by atoms with Gasteiger partial charge in [0.05, 0.1) is 14.2 Å². The molecule has 2 atom stereocenters. The third-order valence-corrected chi connectivity index (χ3v) is 3.23. The Kier molecular flexibility index (Phi) is 12.1. The molecule has 0 aliphatic rings. The largest absolute Gasteiger partial charge is 0.468 e. The third-order valence-electron chi connectivity index (χ3n) is 3.23. The molecule has 2 aromatic rings. The minimum absolute atomic E-state index is 0.416. The van der Waals surface area contributed by atoms with Gasteiger partial charge in [0.15, 0.2) is 0 Å². The molecule has 0 spiro atoms. The maximum absolute atomic E-state index is 11.0. The Hall–Kier alpha value is -2.83. The van der Waals surface area contributed by atoms with Crippen molar-refractivity contribution in [1.82, 2.24) is 0 Å². The number of benzene rings is 2. The molecule has 0 amide bonds. The van der Waals surface area contributed by atoms with Crippen LogP contribution >= 0.6 is 0 Å². The van der Waals surface area contributed by atoms with Gasteiger partial charge >= 0.3 is 22.3 Å². The van der Waals surface area contributed by atoms with Crippen molar-refractivity contribution >= 4 is 22.3 Å². The zero-order valence-corrected chi connectivity index (χ0v) is 16.7. The summed E-state index contributed by atoms with van der Waals surface area (Å²) in [4.78, 5) is 21.9. The average Bonchev–Trinajstić information content (AvgIpc) is 2.72. The zero-order valence-electron chi connectivity index (χ0n) is 15.8. The van der Waals surface area contributed by atoms with Gasteiger partial charge in [-0.05, 0) is 11.1 Å². The fourth-order valence-electron chi connectivity index (χ4n) is 1.85. The molecule has 6 N–H and O–H groups in total. The van der Waals surface area contributed by atoms with Crippen LogP contribution in [-0.2, 0) is 29.5 Å². The average molecular weight is 428 g/mol. The van der Waals surface area contributed by atoms with E-state index in [2.05, 4.69) is 9.47 Å². The monoisotopic (exact) mass is 428 g/mol. The summed E-state index contributed by atoms with van der Waals surface area (Å²) in [6.45, 7) is 0. The number of methoxy groups -OCH3 is 2. The molecular formula is C18H24N2O8S. The van der Waals surface area contributed by atoms with Crippen LogP contribution < -0.4 is 11.5 Å². The van der Waals surface area contributed by atoms with E-state index in [1.165, 1.54) is 14.2 Å². The summed E-state index contributed by atoms with van der Waals surface area (Å²) < 4.78 is 40.6. The summed E-state index contributed by atoms with van der Waals surface area (Å²) in [6, 6.07) is 16.9. The number of hydrogen-bond acceptors (Lipinski definition) is 8. The minimum atomic E-state index is -4.67. The van der Waals surface area contributed by atoms with Crippen molar-refractivity contribution < 1.29 is 36.6 Å². The lowest BCUT2D eigenvalue weighted by Crippen LogP contribution is -2.22. The molecule has 0 saturated carbocycles. The predicted molar refractivity (Wildman–Crippen MR) is 105 cm³/mol. The Morgan fingerprint density at radius 2 is 1.00 bits per heavy atom. The standard InChI is InChI=1S/2C9H11NO2.H2O4S/c2*1-12-9(11)8(10)7-5-3-2-4-6-7;1-5(2,3)4/h2*2-6,8H,10H2,1H3;(H2,1,2,3,4)/t2*8-;/m00./s1. The summed E-state index contributed by atoms with van der Waals surface area (Å²) in [7, 11) is -2.02. The number of nitrogens with two attached hydrogens (primary N) is 2. The van der Waals surface area contributed by atoms with Gasteiger partial charge in [-0.1, -0.05) is 60.7 Å². The summed E-state index contributed by atoms with van der Waals surface area (Å²) in [5.41, 5.74) is 12.7. The quantitative estimate of drug-likeness (QED) is 0.406. The van der Waals surface area contributed by atoms with Crippen LogP contribution in [0.2, 0.25) is 0 Å². The van der Waals surface area contributed by atoms with Crippen LogP contribution in [-0.4, -0.2) is 43.7 Å². The number of carbonyl (C=O) groups is 2. The normalized spacial score (nSPS) is 12.1. The maximum Gasteiger partial charge on any atom is 0.394 e. The molecule has 10 nitrogen and oxygen atoms in total. The van der Waals surface area contributed by atoms with Crippen LogP contribution in [0, 0.1) is 0 Å². The number of esters is 2. The molecule has 0 radical (unpaired) electrons. The summed E-state index contributed by atoms with van der Waals surface area (Å²) >= 11 is 0. The van der Waals surface area contributed by atoms with E-state index in [1.807, 2.05) is 36.4 Å². The van der Waals surface area contributed by atoms with Gasteiger partial charge in [0.1, 0.15) is 12.1 Å². The molecule has 160 valence electrons. The Morgan fingerprint density at radius 3 is 1.21 bits per heavy atom. The molecule has 0 unspecified atom stereocenters. The Labute approximate surface area is 169 Å². The van der Waals surface area contributed by atoms with Crippen molar-refractivity contribution in [1.29, 1.82) is 0 Å². The Bertz CT molecular complexity index is 779. The molecule has 0 aromatic heterocycles. The second-order valence-electron chi connectivity index (χ2n) is 5.27. The van der Waals surface area contributed by atoms with Crippen molar-refractivity contribution in [2.75, 3.05) is 14.2 Å². The summed E-state index contributed by atoms with van der Waals surface area (Å²) in [5, 5.41) is 0. The van der Waals surface area contributed by atoms with Crippen LogP contribution in [0.3, 0.4) is 0 Å². The van der Waals surface area contributed by atoms with Crippen LogP contribution in [0.25, 0.3) is 0 Å². The number of rotatable bonds is 4. The summed E-state index contributed by atoms with van der Waals surface area (Å²) in [5.74, 6) is -0.831. The van der Waals surface area contributed by atoms with Gasteiger partial charge in [-0.3, -0.25) is 18.7 Å². The first-order valence-corrected chi connectivity index (χ1v) is 9.37. The van der Waals surface area contributed by atoms with E-state index in [-0.39, 0.29) is 0 Å². The Morgan fingerprint density at radius 1 is 0.759 bits per heavy atom. The fraction of sp³-hybridized carbons (Fsp3) is 0.222. The first-order valence-electron chi connectivity index (χ1n) is 7.97. The van der Waals surface area contributed by atoms with Gasteiger partial charge in [0.2, 0.25) is 0 Å².